The van der Waals surface area contributed by atoms with Crippen LogP contribution in [-0.2, 0) is 26.2 Å². The van der Waals surface area contributed by atoms with Gasteiger partial charge in [-0.3, -0.25) is 0 Å². The van der Waals surface area contributed by atoms with E-state index in [-0.39, 0.29) is 31.6 Å². The largest absolute Gasteiger partial charge is 0.191 e. The maximum Gasteiger partial charge on any atom is 0 e. The Bertz CT molecular complexity index is 390. The molecular formula is C14H17Zr-. The van der Waals surface area contributed by atoms with Gasteiger partial charge in [0.1, 0.15) is 0 Å². The van der Waals surface area contributed by atoms with Crippen molar-refractivity contribution in [1.29, 1.82) is 0 Å². The summed E-state index contributed by atoms with van der Waals surface area (Å²) >= 11 is 0. The predicted octanol–water partition coefficient (Wildman–Crippen LogP) is 3.98. The fourth-order valence-corrected chi connectivity index (χ4v) is 2.11. The van der Waals surface area contributed by atoms with Gasteiger partial charge < -0.3 is 0 Å². The Hall–Kier alpha value is -0.157. The molecule has 0 nitrogen and oxygen atoms in total. The summed E-state index contributed by atoms with van der Waals surface area (Å²) in [6.07, 6.45) is 11.2. The molecule has 15 heavy (non-hydrogen) atoms. The normalized spacial score (nSPS) is 22.7. The van der Waals surface area contributed by atoms with Crippen LogP contribution in [0.4, 0.5) is 0 Å². The van der Waals surface area contributed by atoms with E-state index in [4.69, 9.17) is 0 Å². The molecule has 0 aliphatic heterocycles. The number of rotatable bonds is 1. The minimum Gasteiger partial charge on any atom is -0.191 e. The van der Waals surface area contributed by atoms with Crippen molar-refractivity contribution in [2.45, 2.75) is 34.1 Å². The van der Waals surface area contributed by atoms with Gasteiger partial charge >= 0.3 is 0 Å². The monoisotopic (exact) mass is 275 g/mol. The van der Waals surface area contributed by atoms with Crippen molar-refractivity contribution in [2.24, 2.45) is 5.41 Å². The van der Waals surface area contributed by atoms with Gasteiger partial charge in [-0.25, -0.2) is 0 Å². The molecule has 0 fully saturated rings. The second-order valence-corrected chi connectivity index (χ2v) is 4.70. The zero-order chi connectivity index (χ0) is 10.3. The van der Waals surface area contributed by atoms with E-state index in [0.29, 0.717) is 0 Å². The van der Waals surface area contributed by atoms with E-state index in [1.165, 1.54) is 22.3 Å². The van der Waals surface area contributed by atoms with E-state index < -0.39 is 0 Å². The van der Waals surface area contributed by atoms with Crippen LogP contribution in [0.25, 0.3) is 0 Å². The summed E-state index contributed by atoms with van der Waals surface area (Å²) in [6, 6.07) is 0. The Morgan fingerprint density at radius 3 is 2.33 bits per heavy atom. The summed E-state index contributed by atoms with van der Waals surface area (Å²) < 4.78 is 0. The molecule has 2 aliphatic carbocycles. The van der Waals surface area contributed by atoms with Crippen LogP contribution in [0.15, 0.2) is 40.5 Å². The van der Waals surface area contributed by atoms with Crippen LogP contribution < -0.4 is 0 Å². The molecule has 0 heterocycles. The van der Waals surface area contributed by atoms with Crippen LogP contribution >= 0.6 is 0 Å². The summed E-state index contributed by atoms with van der Waals surface area (Å²) in [6.45, 7) is 8.91. The molecule has 0 radical (unpaired) electrons. The van der Waals surface area contributed by atoms with Crippen LogP contribution in [-0.4, -0.2) is 0 Å². The average Bonchev–Trinajstić information content (AvgIpc) is 2.69. The maximum absolute atomic E-state index is 3.61. The molecule has 0 atom stereocenters. The van der Waals surface area contributed by atoms with Gasteiger partial charge in [-0.1, -0.05) is 51.7 Å². The molecule has 0 aromatic heterocycles. The van der Waals surface area contributed by atoms with Gasteiger partial charge in [0.2, 0.25) is 0 Å². The van der Waals surface area contributed by atoms with Crippen molar-refractivity contribution in [3.63, 3.8) is 0 Å². The van der Waals surface area contributed by atoms with Crippen LogP contribution in [0.1, 0.15) is 34.1 Å². The molecule has 2 aliphatic rings. The maximum atomic E-state index is 3.61. The Labute approximate surface area is 112 Å². The first kappa shape index (κ1) is 12.9. The van der Waals surface area contributed by atoms with Crippen molar-refractivity contribution < 1.29 is 26.2 Å². The van der Waals surface area contributed by atoms with Gasteiger partial charge in [-0.05, 0) is 0 Å². The van der Waals surface area contributed by atoms with Gasteiger partial charge in [0.05, 0.1) is 0 Å². The van der Waals surface area contributed by atoms with Crippen molar-refractivity contribution in [1.82, 2.24) is 0 Å². The molecule has 0 aromatic carbocycles. The zero-order valence-corrected chi connectivity index (χ0v) is 12.4. The third-order valence-electron chi connectivity index (χ3n) is 3.40. The molecule has 0 unspecified atom stereocenters. The Morgan fingerprint density at radius 2 is 1.93 bits per heavy atom. The van der Waals surface area contributed by atoms with Crippen LogP contribution in [0, 0.1) is 11.5 Å². The average molecular weight is 277 g/mol. The molecule has 0 spiro atoms. The predicted molar refractivity (Wildman–Crippen MR) is 60.8 cm³/mol. The molecule has 0 saturated carbocycles. The van der Waals surface area contributed by atoms with Crippen molar-refractivity contribution in [3.05, 3.63) is 46.6 Å². The molecule has 0 amide bonds. The molecule has 2 rings (SSSR count). The fraction of sp³-hybridized carbons (Fsp3) is 0.429. The van der Waals surface area contributed by atoms with Gasteiger partial charge in [-0.2, -0.15) is 17.2 Å². The van der Waals surface area contributed by atoms with Gasteiger partial charge in [-0.15, -0.1) is 17.2 Å². The molecule has 0 saturated heterocycles. The first-order valence-electron chi connectivity index (χ1n) is 5.22. The number of hydrogen-bond acceptors (Lipinski definition) is 0. The molecule has 0 aromatic rings. The molecule has 0 bridgehead atoms. The molecular weight excluding hydrogens is 259 g/mol. The van der Waals surface area contributed by atoms with Crippen LogP contribution in [0.5, 0.6) is 0 Å². The van der Waals surface area contributed by atoms with E-state index in [9.17, 15) is 0 Å². The SMILES string of the molecule is CC1=C(C)C(C)(C)[C-]=C1C1=CC=CC1.[Zr]. The second-order valence-electron chi connectivity index (χ2n) is 4.70. The van der Waals surface area contributed by atoms with Crippen LogP contribution in [0.3, 0.4) is 0 Å². The standard InChI is InChI=1S/C14H17.Zr/c1-10-11(2)14(3,4)9-13(10)12-7-5-6-8-12;/h5-7H,8H2,1-4H3;/q-1;. The molecule has 1 heteroatoms. The zero-order valence-electron chi connectivity index (χ0n) is 9.94. The Morgan fingerprint density at radius 1 is 1.27 bits per heavy atom. The van der Waals surface area contributed by atoms with Crippen molar-refractivity contribution >= 4 is 0 Å². The first-order chi connectivity index (χ1) is 6.52. The molecule has 0 N–H and O–H groups in total. The third kappa shape index (κ3) is 2.18. The fourth-order valence-electron chi connectivity index (χ4n) is 2.11. The topological polar surface area (TPSA) is 0 Å². The summed E-state index contributed by atoms with van der Waals surface area (Å²) in [7, 11) is 0. The quantitative estimate of drug-likeness (QED) is 0.636. The van der Waals surface area contributed by atoms with E-state index in [0.717, 1.165) is 6.42 Å². The first-order valence-corrected chi connectivity index (χ1v) is 5.22. The summed E-state index contributed by atoms with van der Waals surface area (Å²) in [4.78, 5) is 0. The van der Waals surface area contributed by atoms with Crippen molar-refractivity contribution in [2.75, 3.05) is 0 Å². The van der Waals surface area contributed by atoms with Crippen LogP contribution in [0.2, 0.25) is 0 Å². The Balaban J connectivity index is 0.00000112. The summed E-state index contributed by atoms with van der Waals surface area (Å²) in [5.74, 6) is 0. The van der Waals surface area contributed by atoms with Crippen molar-refractivity contribution in [3.8, 4) is 0 Å². The number of allylic oxidation sites excluding steroid dienone is 8. The van der Waals surface area contributed by atoms with Gasteiger partial charge in [0.15, 0.2) is 0 Å². The Kier molecular flexibility index (Phi) is 3.77. The summed E-state index contributed by atoms with van der Waals surface area (Å²) in [5, 5.41) is 0. The minimum atomic E-state index is 0. The van der Waals surface area contributed by atoms with Gasteiger partial charge in [0.25, 0.3) is 0 Å². The molecule has 78 valence electrons. The van der Waals surface area contributed by atoms with E-state index >= 15 is 0 Å². The summed E-state index contributed by atoms with van der Waals surface area (Å²) in [5.41, 5.74) is 5.78. The van der Waals surface area contributed by atoms with Gasteiger partial charge in [0, 0.05) is 26.2 Å². The third-order valence-corrected chi connectivity index (χ3v) is 3.40. The van der Waals surface area contributed by atoms with E-state index in [1.54, 1.807) is 0 Å². The minimum absolute atomic E-state index is 0. The van der Waals surface area contributed by atoms with E-state index in [2.05, 4.69) is 52.0 Å². The van der Waals surface area contributed by atoms with E-state index in [1.807, 2.05) is 0 Å². The smallest absolute Gasteiger partial charge is 0 e. The number of hydrogen-bond donors (Lipinski definition) is 0. The second kappa shape index (κ2) is 4.38.